The van der Waals surface area contributed by atoms with Crippen molar-refractivity contribution < 1.29 is 53.8 Å². The second-order valence-corrected chi connectivity index (χ2v) is 12.8. The van der Waals surface area contributed by atoms with E-state index in [4.69, 9.17) is 14.2 Å². The number of allylic oxidation sites excluding steroid dienone is 4. The van der Waals surface area contributed by atoms with E-state index in [2.05, 4.69) is 5.32 Å². The van der Waals surface area contributed by atoms with Crippen LogP contribution >= 0.6 is 0 Å². The fraction of sp³-hybridized carbons (Fsp3) is 0.486. The molecular formula is C35H43NO11. The lowest BCUT2D eigenvalue weighted by Gasteiger charge is -2.36. The highest BCUT2D eigenvalue weighted by atomic mass is 16.7. The Balaban J connectivity index is 1.80. The Bertz CT molecular complexity index is 1600. The molecule has 1 aromatic rings. The largest absolute Gasteiger partial charge is 0.507 e. The fourth-order valence-corrected chi connectivity index (χ4v) is 6.23. The highest BCUT2D eigenvalue weighted by Crippen LogP contribution is 2.47. The molecule has 254 valence electrons. The van der Waals surface area contributed by atoms with Gasteiger partial charge >= 0.3 is 5.79 Å². The van der Waals surface area contributed by atoms with Crippen LogP contribution in [0.3, 0.4) is 0 Å². The zero-order valence-electron chi connectivity index (χ0n) is 27.7. The first-order chi connectivity index (χ1) is 22.0. The van der Waals surface area contributed by atoms with Crippen LogP contribution < -0.4 is 10.1 Å². The van der Waals surface area contributed by atoms with E-state index in [1.807, 2.05) is 0 Å². The average Bonchev–Trinajstić information content (AvgIpc) is 3.30. The maximum Gasteiger partial charge on any atom is 0.312 e. The zero-order valence-corrected chi connectivity index (χ0v) is 27.7. The number of methoxy groups -OCH3 is 1. The van der Waals surface area contributed by atoms with Crippen molar-refractivity contribution in [2.75, 3.05) is 7.11 Å². The lowest BCUT2D eigenvalue weighted by atomic mass is 9.78. The van der Waals surface area contributed by atoms with Crippen molar-refractivity contribution >= 4 is 23.3 Å². The summed E-state index contributed by atoms with van der Waals surface area (Å²) in [4.78, 5) is 53.7. The number of hydrogen-bond donors (Lipinski definition) is 5. The van der Waals surface area contributed by atoms with Gasteiger partial charge in [-0.15, -0.1) is 0 Å². The van der Waals surface area contributed by atoms with Gasteiger partial charge in [0.25, 0.3) is 11.7 Å². The van der Waals surface area contributed by atoms with Crippen molar-refractivity contribution in [1.29, 1.82) is 0 Å². The second-order valence-electron chi connectivity index (χ2n) is 12.8. The molecule has 9 atom stereocenters. The smallest absolute Gasteiger partial charge is 0.312 e. The molecule has 0 aromatic heterocycles. The number of aliphatic hydroxyl groups excluding tert-OH is 3. The van der Waals surface area contributed by atoms with Crippen molar-refractivity contribution in [3.8, 4) is 11.5 Å². The van der Waals surface area contributed by atoms with Crippen molar-refractivity contribution in [3.05, 3.63) is 70.2 Å². The van der Waals surface area contributed by atoms with Gasteiger partial charge < -0.3 is 40.0 Å². The summed E-state index contributed by atoms with van der Waals surface area (Å²) in [5.41, 5.74) is -1.24. The molecule has 12 heteroatoms. The number of amides is 1. The third-order valence-corrected chi connectivity index (χ3v) is 9.54. The van der Waals surface area contributed by atoms with Gasteiger partial charge in [0.05, 0.1) is 53.1 Å². The minimum Gasteiger partial charge on any atom is -0.507 e. The van der Waals surface area contributed by atoms with Gasteiger partial charge in [0.15, 0.2) is 5.78 Å². The van der Waals surface area contributed by atoms with Crippen LogP contribution in [0.4, 0.5) is 0 Å². The molecule has 3 heterocycles. The van der Waals surface area contributed by atoms with E-state index in [0.717, 1.165) is 6.08 Å². The second kappa shape index (κ2) is 13.6. The molecule has 1 aliphatic carbocycles. The standard InChI is InChI=1S/C35H43NO11/c1-15-10-9-11-16(2)34(44)36-21-14-22(37)24-25(31(21)42)30(41)20(6)32-26(24)33(43)35(7,47-32)46-13-12-23(45-8)17(3)28(39)19(5)29(40)18(4)27(15)38/h9-15,17-19,23,27-29,38-41H,1-8H3,(H,36,44)/t15-,17+,18+,19-,23-,27-,28+,29+,35-/m0/s1. The van der Waals surface area contributed by atoms with Crippen LogP contribution in [0.5, 0.6) is 11.5 Å². The number of nitrogens with one attached hydrogen (secondary N) is 1. The highest BCUT2D eigenvalue weighted by molar-refractivity contribution is 6.30. The minimum absolute atomic E-state index is 0.0217. The number of Topliss-reactive ketones (excluding diaryl/α,β-unsaturated/α-hetero) is 2. The molecule has 0 saturated carbocycles. The van der Waals surface area contributed by atoms with Crippen LogP contribution in [0.25, 0.3) is 0 Å². The van der Waals surface area contributed by atoms with Crippen molar-refractivity contribution in [3.63, 3.8) is 0 Å². The van der Waals surface area contributed by atoms with Gasteiger partial charge in [-0.05, 0) is 19.9 Å². The Kier molecular flexibility index (Phi) is 10.3. The number of rotatable bonds is 1. The summed E-state index contributed by atoms with van der Waals surface area (Å²) in [6.45, 7) is 11.0. The topological polar surface area (TPSA) is 189 Å². The van der Waals surface area contributed by atoms with E-state index in [1.54, 1.807) is 39.8 Å². The third kappa shape index (κ3) is 6.42. The molecule has 0 spiro atoms. The first kappa shape index (κ1) is 35.7. The molecule has 0 unspecified atom stereocenters. The molecule has 1 amide bonds. The number of benzene rings is 1. The molecule has 0 fully saturated rings. The van der Waals surface area contributed by atoms with Crippen LogP contribution in [0.15, 0.2) is 47.9 Å². The Labute approximate surface area is 273 Å². The molecular weight excluding hydrogens is 610 g/mol. The summed E-state index contributed by atoms with van der Waals surface area (Å²) >= 11 is 0. The van der Waals surface area contributed by atoms with E-state index < -0.39 is 88.4 Å². The predicted molar refractivity (Wildman–Crippen MR) is 170 cm³/mol. The normalized spacial score (nSPS) is 33.6. The SMILES string of the molecule is CO[C@H]1C=CO[C@@]2(C)Oc3c(C)c(O)c4c(c3C2=O)C(=O)C=C(NC(=O)C(C)=CC=C[C@H](C)[C@H](O)[C@@H](C)[C@@H](O)[C@@H](C)[C@H](O)[C@@H]1C)C4=O. The maximum atomic E-state index is 13.8. The molecule has 5 rings (SSSR count). The quantitative estimate of drug-likeness (QED) is 0.300. The van der Waals surface area contributed by atoms with Gasteiger partial charge in [-0.3, -0.25) is 19.2 Å². The summed E-state index contributed by atoms with van der Waals surface area (Å²) in [5, 5.41) is 46.8. The summed E-state index contributed by atoms with van der Waals surface area (Å²) in [6.07, 6.45) is 4.25. The monoisotopic (exact) mass is 653 g/mol. The Morgan fingerprint density at radius 1 is 0.872 bits per heavy atom. The molecule has 5 N–H and O–H groups in total. The van der Waals surface area contributed by atoms with Crippen molar-refractivity contribution in [2.24, 2.45) is 23.7 Å². The van der Waals surface area contributed by atoms with Crippen molar-refractivity contribution in [2.45, 2.75) is 78.7 Å². The Morgan fingerprint density at radius 3 is 2.13 bits per heavy atom. The molecule has 5 bridgehead atoms. The van der Waals surface area contributed by atoms with E-state index in [-0.39, 0.29) is 33.7 Å². The minimum atomic E-state index is -2.00. The number of phenols is 1. The molecule has 1 aromatic carbocycles. The number of phenolic OH excluding ortho intramolecular Hbond substituents is 1. The lowest BCUT2D eigenvalue weighted by molar-refractivity contribution is -0.116. The molecule has 0 radical (unpaired) electrons. The van der Waals surface area contributed by atoms with E-state index >= 15 is 0 Å². The number of carbonyl (C=O) groups is 4. The fourth-order valence-electron chi connectivity index (χ4n) is 6.23. The summed E-state index contributed by atoms with van der Waals surface area (Å²) in [7, 11) is 1.42. The average molecular weight is 654 g/mol. The van der Waals surface area contributed by atoms with Gasteiger partial charge in [0, 0.05) is 54.9 Å². The number of hydrogen-bond acceptors (Lipinski definition) is 11. The van der Waals surface area contributed by atoms with Gasteiger partial charge in [0.1, 0.15) is 11.5 Å². The van der Waals surface area contributed by atoms with Crippen LogP contribution in [0, 0.1) is 30.6 Å². The third-order valence-electron chi connectivity index (χ3n) is 9.54. The molecule has 4 aliphatic rings. The van der Waals surface area contributed by atoms with E-state index in [0.29, 0.717) is 0 Å². The molecule has 3 aliphatic heterocycles. The van der Waals surface area contributed by atoms with Gasteiger partial charge in [0.2, 0.25) is 5.78 Å². The summed E-state index contributed by atoms with van der Waals surface area (Å²) < 4.78 is 17.2. The molecule has 0 saturated heterocycles. The molecule has 12 nitrogen and oxygen atoms in total. The number of aliphatic hydroxyl groups is 3. The van der Waals surface area contributed by atoms with E-state index in [1.165, 1.54) is 46.3 Å². The predicted octanol–water partition coefficient (Wildman–Crippen LogP) is 3.06. The zero-order chi connectivity index (χ0) is 35.1. The summed E-state index contributed by atoms with van der Waals surface area (Å²) in [6, 6.07) is 0. The number of aromatic hydroxyl groups is 1. The number of fused-ring (bicyclic) bond motifs is 14. The first-order valence-corrected chi connectivity index (χ1v) is 15.5. The van der Waals surface area contributed by atoms with Gasteiger partial charge in [-0.2, -0.15) is 0 Å². The summed E-state index contributed by atoms with van der Waals surface area (Å²) in [5.74, 6) is -8.23. The van der Waals surface area contributed by atoms with Crippen LogP contribution in [-0.2, 0) is 14.3 Å². The highest BCUT2D eigenvalue weighted by Gasteiger charge is 2.51. The number of ether oxygens (including phenoxy) is 3. The van der Waals surface area contributed by atoms with Gasteiger partial charge in [-0.25, -0.2) is 0 Å². The van der Waals surface area contributed by atoms with E-state index in [9.17, 15) is 39.6 Å². The Morgan fingerprint density at radius 2 is 1.49 bits per heavy atom. The lowest BCUT2D eigenvalue weighted by Crippen LogP contribution is -2.44. The van der Waals surface area contributed by atoms with Crippen LogP contribution in [-0.4, -0.2) is 81.0 Å². The van der Waals surface area contributed by atoms with Crippen LogP contribution in [0.2, 0.25) is 0 Å². The maximum absolute atomic E-state index is 13.8. The van der Waals surface area contributed by atoms with Crippen LogP contribution in [0.1, 0.15) is 78.2 Å². The first-order valence-electron chi connectivity index (χ1n) is 15.5. The molecule has 47 heavy (non-hydrogen) atoms. The Hall–Kier alpha value is -4.10. The number of ketones is 3. The number of carbonyl (C=O) groups excluding carboxylic acids is 4. The van der Waals surface area contributed by atoms with Crippen molar-refractivity contribution in [1.82, 2.24) is 5.32 Å². The van der Waals surface area contributed by atoms with Gasteiger partial charge in [-0.1, -0.05) is 45.9 Å².